The Morgan fingerprint density at radius 1 is 1.12 bits per heavy atom. The molecule has 1 heterocycles. The normalized spacial score (nSPS) is 10.6. The lowest BCUT2D eigenvalue weighted by atomic mass is 10.2. The molecule has 0 spiro atoms. The number of hydrogen-bond acceptors (Lipinski definition) is 4. The average molecular weight is 343 g/mol. The Hall–Kier alpha value is -2.86. The number of halogens is 1. The summed E-state index contributed by atoms with van der Waals surface area (Å²) in [5, 5.41) is 18.3. The Kier molecular flexibility index (Phi) is 4.48. The maximum Gasteiger partial charge on any atom is 0.360 e. The second kappa shape index (κ2) is 6.72. The molecular weight excluding hydrogens is 328 g/mol. The van der Waals surface area contributed by atoms with Crippen LogP contribution in [0, 0.1) is 0 Å². The molecule has 0 aliphatic carbocycles. The number of carboxylic acids is 1. The van der Waals surface area contributed by atoms with Crippen LogP contribution in [0.2, 0.25) is 5.02 Å². The molecule has 0 unspecified atom stereocenters. The van der Waals surface area contributed by atoms with Crippen molar-refractivity contribution in [2.45, 2.75) is 6.54 Å². The van der Waals surface area contributed by atoms with Crippen molar-refractivity contribution in [2.24, 2.45) is 0 Å². The summed E-state index contributed by atoms with van der Waals surface area (Å²) < 4.78 is 0. The number of carbonyl (C=O) groups is 1. The minimum atomic E-state index is -1.14. The Morgan fingerprint density at radius 3 is 2.46 bits per heavy atom. The van der Waals surface area contributed by atoms with E-state index in [1.807, 2.05) is 30.3 Å². The van der Waals surface area contributed by atoms with Crippen LogP contribution < -0.4 is 4.90 Å². The summed E-state index contributed by atoms with van der Waals surface area (Å²) in [5.74, 6) is -0.852. The fourth-order valence-electron chi connectivity index (χ4n) is 2.35. The molecule has 0 amide bonds. The molecule has 0 aliphatic rings. The molecule has 0 saturated heterocycles. The van der Waals surface area contributed by atoms with Gasteiger partial charge in [0.15, 0.2) is 5.82 Å². The van der Waals surface area contributed by atoms with E-state index in [-0.39, 0.29) is 11.5 Å². The molecule has 7 heteroatoms. The second-order valence-electron chi connectivity index (χ2n) is 5.26. The minimum Gasteiger partial charge on any atom is -0.476 e. The van der Waals surface area contributed by atoms with Crippen LogP contribution in [-0.2, 0) is 6.54 Å². The highest BCUT2D eigenvalue weighted by Gasteiger charge is 2.22. The molecule has 0 fully saturated rings. The van der Waals surface area contributed by atoms with Gasteiger partial charge in [0.1, 0.15) is 5.69 Å². The van der Waals surface area contributed by atoms with Gasteiger partial charge in [0.2, 0.25) is 5.69 Å². The smallest absolute Gasteiger partial charge is 0.360 e. The lowest BCUT2D eigenvalue weighted by molar-refractivity contribution is 0.0690. The van der Waals surface area contributed by atoms with Crippen LogP contribution in [-0.4, -0.2) is 33.1 Å². The summed E-state index contributed by atoms with van der Waals surface area (Å²) in [4.78, 5) is 14.5. The summed E-state index contributed by atoms with van der Waals surface area (Å²) in [6.45, 7) is 0.516. The van der Waals surface area contributed by atoms with Crippen LogP contribution in [0.5, 0.6) is 0 Å². The topological polar surface area (TPSA) is 71.2 Å². The van der Waals surface area contributed by atoms with Crippen molar-refractivity contribution in [3.8, 4) is 5.69 Å². The lowest BCUT2D eigenvalue weighted by Gasteiger charge is -2.16. The Morgan fingerprint density at radius 2 is 1.79 bits per heavy atom. The first-order valence-corrected chi connectivity index (χ1v) is 7.64. The van der Waals surface area contributed by atoms with Gasteiger partial charge < -0.3 is 10.0 Å². The van der Waals surface area contributed by atoms with Gasteiger partial charge in [-0.1, -0.05) is 54.1 Å². The molecular formula is C17H15ClN4O2. The molecule has 3 aromatic rings. The third-order valence-corrected chi connectivity index (χ3v) is 3.81. The lowest BCUT2D eigenvalue weighted by Crippen LogP contribution is -2.19. The zero-order valence-electron chi connectivity index (χ0n) is 12.9. The number of carboxylic acid groups (broad SMARTS) is 1. The number of rotatable bonds is 5. The summed E-state index contributed by atoms with van der Waals surface area (Å²) in [5.41, 5.74) is 1.46. The summed E-state index contributed by atoms with van der Waals surface area (Å²) in [6.07, 6.45) is 0. The van der Waals surface area contributed by atoms with E-state index in [1.54, 1.807) is 36.2 Å². The van der Waals surface area contributed by atoms with Gasteiger partial charge in [-0.25, -0.2) is 4.79 Å². The molecule has 0 radical (unpaired) electrons. The highest BCUT2D eigenvalue weighted by atomic mass is 35.5. The first kappa shape index (κ1) is 16.0. The van der Waals surface area contributed by atoms with Gasteiger partial charge in [-0.3, -0.25) is 0 Å². The van der Waals surface area contributed by atoms with E-state index in [4.69, 9.17) is 11.6 Å². The van der Waals surface area contributed by atoms with Crippen LogP contribution in [0.3, 0.4) is 0 Å². The summed E-state index contributed by atoms with van der Waals surface area (Å²) >= 11 is 6.15. The summed E-state index contributed by atoms with van der Waals surface area (Å²) in [6, 6.07) is 16.7. The fraction of sp³-hybridized carbons (Fsp3) is 0.118. The van der Waals surface area contributed by atoms with Crippen LogP contribution in [0.1, 0.15) is 16.1 Å². The van der Waals surface area contributed by atoms with Crippen molar-refractivity contribution in [1.29, 1.82) is 0 Å². The number of para-hydroxylation sites is 1. The first-order chi connectivity index (χ1) is 11.6. The Balaban J connectivity index is 1.98. The van der Waals surface area contributed by atoms with E-state index in [9.17, 15) is 9.90 Å². The summed E-state index contributed by atoms with van der Waals surface area (Å²) in [7, 11) is 1.78. The number of hydrogen-bond donors (Lipinski definition) is 1. The molecule has 1 N–H and O–H groups in total. The zero-order valence-corrected chi connectivity index (χ0v) is 13.7. The monoisotopic (exact) mass is 342 g/mol. The van der Waals surface area contributed by atoms with E-state index in [2.05, 4.69) is 10.2 Å². The van der Waals surface area contributed by atoms with E-state index in [0.29, 0.717) is 17.3 Å². The van der Waals surface area contributed by atoms with Crippen LogP contribution in [0.25, 0.3) is 5.69 Å². The van der Waals surface area contributed by atoms with E-state index in [1.165, 1.54) is 4.80 Å². The van der Waals surface area contributed by atoms with Gasteiger partial charge in [-0.15, -0.1) is 15.0 Å². The maximum atomic E-state index is 11.5. The molecule has 122 valence electrons. The van der Waals surface area contributed by atoms with E-state index < -0.39 is 5.97 Å². The largest absolute Gasteiger partial charge is 0.476 e. The van der Waals surface area contributed by atoms with Crippen molar-refractivity contribution >= 4 is 23.4 Å². The van der Waals surface area contributed by atoms with Crippen molar-refractivity contribution in [1.82, 2.24) is 15.0 Å². The predicted octanol–water partition coefficient (Wildman–Crippen LogP) is 3.26. The molecule has 24 heavy (non-hydrogen) atoms. The second-order valence-corrected chi connectivity index (χ2v) is 5.67. The van der Waals surface area contributed by atoms with Crippen LogP contribution in [0.4, 0.5) is 5.82 Å². The van der Waals surface area contributed by atoms with Gasteiger partial charge in [0.05, 0.1) is 5.02 Å². The van der Waals surface area contributed by atoms with Crippen LogP contribution in [0.15, 0.2) is 54.6 Å². The first-order valence-electron chi connectivity index (χ1n) is 7.27. The number of benzene rings is 2. The van der Waals surface area contributed by atoms with Crippen LogP contribution >= 0.6 is 11.6 Å². The average Bonchev–Trinajstić information content (AvgIpc) is 3.02. The number of aromatic carboxylic acids is 1. The maximum absolute atomic E-state index is 11.5. The predicted molar refractivity (Wildman–Crippen MR) is 91.9 cm³/mol. The minimum absolute atomic E-state index is 0.117. The third-order valence-electron chi connectivity index (χ3n) is 3.49. The Labute approximate surface area is 143 Å². The number of nitrogens with zero attached hydrogens (tertiary/aromatic N) is 4. The van der Waals surface area contributed by atoms with Crippen molar-refractivity contribution in [3.05, 3.63) is 70.9 Å². The standard InChI is InChI=1S/C17H15ClN4O2/c1-21(11-12-7-3-2-4-8-12)16-15(17(23)24)19-22(20-16)14-10-6-5-9-13(14)18/h2-10H,11H2,1H3,(H,23,24). The fourth-order valence-corrected chi connectivity index (χ4v) is 2.56. The SMILES string of the molecule is CN(Cc1ccccc1)c1nn(-c2ccccc2Cl)nc1C(=O)O. The molecule has 3 rings (SSSR count). The number of anilines is 1. The third kappa shape index (κ3) is 3.23. The molecule has 0 bridgehead atoms. The molecule has 0 aliphatic heterocycles. The van der Waals surface area contributed by atoms with Crippen molar-refractivity contribution in [2.75, 3.05) is 11.9 Å². The molecule has 1 aromatic heterocycles. The van der Waals surface area contributed by atoms with Gasteiger partial charge in [0.25, 0.3) is 0 Å². The van der Waals surface area contributed by atoms with Gasteiger partial charge in [0, 0.05) is 13.6 Å². The molecule has 6 nitrogen and oxygen atoms in total. The van der Waals surface area contributed by atoms with Gasteiger partial charge in [-0.2, -0.15) is 0 Å². The van der Waals surface area contributed by atoms with Gasteiger partial charge in [-0.05, 0) is 17.7 Å². The Bertz CT molecular complexity index is 864. The van der Waals surface area contributed by atoms with Crippen molar-refractivity contribution in [3.63, 3.8) is 0 Å². The van der Waals surface area contributed by atoms with E-state index >= 15 is 0 Å². The molecule has 2 aromatic carbocycles. The molecule has 0 atom stereocenters. The van der Waals surface area contributed by atoms with Crippen molar-refractivity contribution < 1.29 is 9.90 Å². The van der Waals surface area contributed by atoms with E-state index in [0.717, 1.165) is 5.56 Å². The van der Waals surface area contributed by atoms with Gasteiger partial charge >= 0.3 is 5.97 Å². The number of aromatic nitrogens is 3. The highest BCUT2D eigenvalue weighted by molar-refractivity contribution is 6.32. The highest BCUT2D eigenvalue weighted by Crippen LogP contribution is 2.23. The quantitative estimate of drug-likeness (QED) is 0.770. The zero-order chi connectivity index (χ0) is 17.1. The molecule has 0 saturated carbocycles.